The van der Waals surface area contributed by atoms with Crippen LogP contribution in [0.3, 0.4) is 0 Å². The van der Waals surface area contributed by atoms with E-state index in [1.165, 1.54) is 25.7 Å². The fourth-order valence-electron chi connectivity index (χ4n) is 2.88. The van der Waals surface area contributed by atoms with E-state index in [4.69, 9.17) is 4.74 Å². The van der Waals surface area contributed by atoms with Gasteiger partial charge in [0, 0.05) is 12.6 Å². The Kier molecular flexibility index (Phi) is 4.26. The number of hydrogen-bond donors (Lipinski definition) is 0. The van der Waals surface area contributed by atoms with E-state index in [1.54, 1.807) is 0 Å². The largest absolute Gasteiger partial charge is 0.378 e. The molecule has 0 unspecified atom stereocenters. The Morgan fingerprint density at radius 3 is 2.47 bits per heavy atom. The van der Waals surface area contributed by atoms with Crippen molar-refractivity contribution in [3.05, 3.63) is 0 Å². The van der Waals surface area contributed by atoms with Crippen LogP contribution < -0.4 is 0 Å². The lowest BCUT2D eigenvalue weighted by molar-refractivity contribution is 0.0127. The summed E-state index contributed by atoms with van der Waals surface area (Å²) in [5, 5.41) is 0. The SMILES string of the molecule is CC(C)(C)[S@@](=O)N1CCOC[C@H]1C1CCCC1. The molecule has 2 fully saturated rings. The third-order valence-corrected chi connectivity index (χ3v) is 5.72. The van der Waals surface area contributed by atoms with E-state index in [1.807, 2.05) is 0 Å². The summed E-state index contributed by atoms with van der Waals surface area (Å²) in [5.41, 5.74) is 0. The molecule has 0 spiro atoms. The monoisotopic (exact) mass is 259 g/mol. The van der Waals surface area contributed by atoms with E-state index in [0.717, 1.165) is 19.8 Å². The highest BCUT2D eigenvalue weighted by Crippen LogP contribution is 2.33. The third-order valence-electron chi connectivity index (χ3n) is 3.80. The second kappa shape index (κ2) is 5.37. The fraction of sp³-hybridized carbons (Fsp3) is 1.00. The van der Waals surface area contributed by atoms with Crippen molar-refractivity contribution in [1.82, 2.24) is 4.31 Å². The molecule has 4 heteroatoms. The molecule has 0 bridgehead atoms. The zero-order valence-electron chi connectivity index (χ0n) is 11.3. The van der Waals surface area contributed by atoms with E-state index in [9.17, 15) is 4.21 Å². The molecule has 0 aromatic heterocycles. The molecule has 2 aliphatic rings. The molecule has 0 aromatic carbocycles. The molecule has 0 radical (unpaired) electrons. The lowest BCUT2D eigenvalue weighted by atomic mass is 9.98. The number of ether oxygens (including phenoxy) is 1. The average Bonchev–Trinajstić information content (AvgIpc) is 2.80. The Bertz CT molecular complexity index is 282. The zero-order chi connectivity index (χ0) is 12.5. The van der Waals surface area contributed by atoms with Crippen LogP contribution in [0, 0.1) is 5.92 Å². The molecule has 1 aliphatic carbocycles. The highest BCUT2D eigenvalue weighted by Gasteiger charge is 2.38. The number of rotatable bonds is 2. The van der Waals surface area contributed by atoms with Gasteiger partial charge in [0.05, 0.1) is 18.0 Å². The summed E-state index contributed by atoms with van der Waals surface area (Å²) in [4.78, 5) is 0. The molecule has 17 heavy (non-hydrogen) atoms. The van der Waals surface area contributed by atoms with Crippen molar-refractivity contribution in [2.45, 2.75) is 57.2 Å². The predicted molar refractivity (Wildman–Crippen MR) is 71.2 cm³/mol. The first-order valence-electron chi connectivity index (χ1n) is 6.76. The van der Waals surface area contributed by atoms with Crippen LogP contribution in [0.1, 0.15) is 46.5 Å². The molecule has 1 heterocycles. The van der Waals surface area contributed by atoms with Crippen LogP contribution in [0.5, 0.6) is 0 Å². The topological polar surface area (TPSA) is 29.5 Å². The van der Waals surface area contributed by atoms with E-state index in [-0.39, 0.29) is 4.75 Å². The summed E-state index contributed by atoms with van der Waals surface area (Å²) in [6, 6.07) is 0.381. The maximum atomic E-state index is 12.6. The summed E-state index contributed by atoms with van der Waals surface area (Å²) < 4.78 is 20.2. The summed E-state index contributed by atoms with van der Waals surface area (Å²) in [7, 11) is -0.897. The molecule has 0 amide bonds. The summed E-state index contributed by atoms with van der Waals surface area (Å²) in [6.45, 7) is 8.50. The Hall–Kier alpha value is 0.0700. The molecule has 1 saturated carbocycles. The summed E-state index contributed by atoms with van der Waals surface area (Å²) in [6.07, 6.45) is 5.23. The van der Waals surface area contributed by atoms with Crippen molar-refractivity contribution in [2.75, 3.05) is 19.8 Å². The van der Waals surface area contributed by atoms with Crippen LogP contribution in [-0.2, 0) is 15.7 Å². The van der Waals surface area contributed by atoms with Gasteiger partial charge in [0.1, 0.15) is 11.0 Å². The standard InChI is InChI=1S/C13H25NO2S/c1-13(2,3)17(15)14-8-9-16-10-12(14)11-6-4-5-7-11/h11-12H,4-10H2,1-3H3/t12-,17+/m0/s1. The third kappa shape index (κ3) is 3.09. The number of nitrogens with zero attached hydrogens (tertiary/aromatic N) is 1. The van der Waals surface area contributed by atoms with Crippen LogP contribution >= 0.6 is 0 Å². The Balaban J connectivity index is 2.09. The summed E-state index contributed by atoms with van der Waals surface area (Å²) in [5.74, 6) is 0.696. The lowest BCUT2D eigenvalue weighted by Gasteiger charge is -2.40. The van der Waals surface area contributed by atoms with Crippen LogP contribution in [0.2, 0.25) is 0 Å². The van der Waals surface area contributed by atoms with Gasteiger partial charge in [-0.2, -0.15) is 0 Å². The van der Waals surface area contributed by atoms with Crippen molar-refractivity contribution in [1.29, 1.82) is 0 Å². The number of hydrogen-bond acceptors (Lipinski definition) is 2. The van der Waals surface area contributed by atoms with E-state index >= 15 is 0 Å². The smallest absolute Gasteiger partial charge is 0.100 e. The van der Waals surface area contributed by atoms with Crippen LogP contribution in [0.15, 0.2) is 0 Å². The molecule has 0 N–H and O–H groups in total. The van der Waals surface area contributed by atoms with Gasteiger partial charge in [0.15, 0.2) is 0 Å². The minimum atomic E-state index is -0.897. The maximum absolute atomic E-state index is 12.6. The Labute approximate surface area is 107 Å². The second-order valence-corrected chi connectivity index (χ2v) is 8.38. The Morgan fingerprint density at radius 2 is 1.88 bits per heavy atom. The molecule has 100 valence electrons. The second-order valence-electron chi connectivity index (χ2n) is 6.19. The highest BCUT2D eigenvalue weighted by molar-refractivity contribution is 7.84. The number of morpholine rings is 1. The molecule has 2 atom stereocenters. The minimum absolute atomic E-state index is 0.159. The Morgan fingerprint density at radius 1 is 1.24 bits per heavy atom. The minimum Gasteiger partial charge on any atom is -0.378 e. The summed E-state index contributed by atoms with van der Waals surface area (Å²) >= 11 is 0. The van der Waals surface area contributed by atoms with E-state index in [2.05, 4.69) is 25.1 Å². The van der Waals surface area contributed by atoms with Gasteiger partial charge in [-0.25, -0.2) is 8.51 Å². The lowest BCUT2D eigenvalue weighted by Crippen LogP contribution is -2.53. The van der Waals surface area contributed by atoms with Crippen LogP contribution in [0.25, 0.3) is 0 Å². The molecular weight excluding hydrogens is 234 g/mol. The molecule has 2 rings (SSSR count). The van der Waals surface area contributed by atoms with Crippen molar-refractivity contribution in [2.24, 2.45) is 5.92 Å². The van der Waals surface area contributed by atoms with Gasteiger partial charge in [-0.1, -0.05) is 12.8 Å². The van der Waals surface area contributed by atoms with Crippen molar-refractivity contribution >= 4 is 11.0 Å². The predicted octanol–water partition coefficient (Wildman–Crippen LogP) is 2.34. The van der Waals surface area contributed by atoms with Gasteiger partial charge in [-0.3, -0.25) is 0 Å². The molecule has 1 aliphatic heterocycles. The van der Waals surface area contributed by atoms with Crippen LogP contribution in [0.4, 0.5) is 0 Å². The quantitative estimate of drug-likeness (QED) is 0.762. The highest BCUT2D eigenvalue weighted by atomic mass is 32.2. The average molecular weight is 259 g/mol. The first kappa shape index (κ1) is 13.5. The van der Waals surface area contributed by atoms with Gasteiger partial charge < -0.3 is 4.74 Å². The van der Waals surface area contributed by atoms with Gasteiger partial charge in [0.2, 0.25) is 0 Å². The normalized spacial score (nSPS) is 30.6. The van der Waals surface area contributed by atoms with Crippen molar-refractivity contribution in [3.63, 3.8) is 0 Å². The van der Waals surface area contributed by atoms with Crippen LogP contribution in [-0.4, -0.2) is 39.1 Å². The van der Waals surface area contributed by atoms with E-state index in [0.29, 0.717) is 12.0 Å². The maximum Gasteiger partial charge on any atom is 0.100 e. The molecule has 0 aromatic rings. The molecule has 1 saturated heterocycles. The van der Waals surface area contributed by atoms with Gasteiger partial charge in [0.25, 0.3) is 0 Å². The van der Waals surface area contributed by atoms with Crippen molar-refractivity contribution in [3.8, 4) is 0 Å². The zero-order valence-corrected chi connectivity index (χ0v) is 12.1. The molecule has 3 nitrogen and oxygen atoms in total. The van der Waals surface area contributed by atoms with Gasteiger partial charge >= 0.3 is 0 Å². The van der Waals surface area contributed by atoms with Crippen molar-refractivity contribution < 1.29 is 8.95 Å². The molecular formula is C13H25NO2S. The first-order valence-corrected chi connectivity index (χ1v) is 7.87. The van der Waals surface area contributed by atoms with Gasteiger partial charge in [-0.05, 0) is 39.5 Å². The first-order chi connectivity index (χ1) is 8.00. The van der Waals surface area contributed by atoms with Gasteiger partial charge in [-0.15, -0.1) is 0 Å². The fourth-order valence-corrected chi connectivity index (χ4v) is 4.30. The van der Waals surface area contributed by atoms with E-state index < -0.39 is 11.0 Å².